The fourth-order valence-electron chi connectivity index (χ4n) is 1.51. The Kier molecular flexibility index (Phi) is 4.06. The summed E-state index contributed by atoms with van der Waals surface area (Å²) in [4.78, 5) is 15.5. The third-order valence-corrected chi connectivity index (χ3v) is 3.51. The SMILES string of the molecule is CNC(=O)CNCCc1nc2ccccc2s1. The highest BCUT2D eigenvalue weighted by Crippen LogP contribution is 2.21. The van der Waals surface area contributed by atoms with Gasteiger partial charge in [-0.2, -0.15) is 0 Å². The lowest BCUT2D eigenvalue weighted by Gasteiger charge is -2.01. The van der Waals surface area contributed by atoms with Crippen LogP contribution in [0.5, 0.6) is 0 Å². The van der Waals surface area contributed by atoms with Crippen molar-refractivity contribution >= 4 is 27.5 Å². The van der Waals surface area contributed by atoms with Crippen LogP contribution in [-0.2, 0) is 11.2 Å². The van der Waals surface area contributed by atoms with Crippen LogP contribution in [0.2, 0.25) is 0 Å². The minimum atomic E-state index is 0.00861. The number of carbonyl (C=O) groups excluding carboxylic acids is 1. The fourth-order valence-corrected chi connectivity index (χ4v) is 2.48. The normalized spacial score (nSPS) is 10.6. The number of rotatable bonds is 5. The first-order chi connectivity index (χ1) is 8.29. The van der Waals surface area contributed by atoms with Gasteiger partial charge in [0.15, 0.2) is 0 Å². The van der Waals surface area contributed by atoms with Crippen LogP contribution < -0.4 is 10.6 Å². The molecule has 1 amide bonds. The summed E-state index contributed by atoms with van der Waals surface area (Å²) >= 11 is 1.71. The van der Waals surface area contributed by atoms with Gasteiger partial charge in [0, 0.05) is 20.0 Å². The standard InChI is InChI=1S/C12H15N3OS/c1-13-11(16)8-14-7-6-12-15-9-4-2-3-5-10(9)17-12/h2-5,14H,6-8H2,1H3,(H,13,16). The van der Waals surface area contributed by atoms with E-state index in [9.17, 15) is 4.79 Å². The largest absolute Gasteiger partial charge is 0.358 e. The molecule has 5 heteroatoms. The number of amides is 1. The number of benzene rings is 1. The van der Waals surface area contributed by atoms with Gasteiger partial charge in [-0.3, -0.25) is 4.79 Å². The van der Waals surface area contributed by atoms with E-state index >= 15 is 0 Å². The molecule has 0 fully saturated rings. The number of thiazole rings is 1. The summed E-state index contributed by atoms with van der Waals surface area (Å²) in [6.07, 6.45) is 0.857. The van der Waals surface area contributed by atoms with E-state index in [4.69, 9.17) is 0 Å². The Morgan fingerprint density at radius 1 is 1.41 bits per heavy atom. The van der Waals surface area contributed by atoms with Crippen LogP contribution in [0.1, 0.15) is 5.01 Å². The summed E-state index contributed by atoms with van der Waals surface area (Å²) < 4.78 is 1.22. The maximum absolute atomic E-state index is 11.0. The zero-order chi connectivity index (χ0) is 12.1. The lowest BCUT2D eigenvalue weighted by molar-refractivity contribution is -0.119. The Labute approximate surface area is 104 Å². The quantitative estimate of drug-likeness (QED) is 0.782. The van der Waals surface area contributed by atoms with Crippen LogP contribution in [0.4, 0.5) is 0 Å². The van der Waals surface area contributed by atoms with E-state index in [0.29, 0.717) is 6.54 Å². The Morgan fingerprint density at radius 3 is 3.00 bits per heavy atom. The van der Waals surface area contributed by atoms with Crippen molar-refractivity contribution < 1.29 is 4.79 Å². The summed E-state index contributed by atoms with van der Waals surface area (Å²) in [6, 6.07) is 8.12. The maximum Gasteiger partial charge on any atom is 0.233 e. The van der Waals surface area contributed by atoms with Gasteiger partial charge < -0.3 is 10.6 Å². The molecule has 1 aromatic heterocycles. The van der Waals surface area contributed by atoms with E-state index in [1.54, 1.807) is 18.4 Å². The van der Waals surface area contributed by atoms with Crippen molar-refractivity contribution in [2.24, 2.45) is 0 Å². The highest BCUT2D eigenvalue weighted by molar-refractivity contribution is 7.18. The van der Waals surface area contributed by atoms with Crippen molar-refractivity contribution in [1.29, 1.82) is 0 Å². The number of hydrogen-bond donors (Lipinski definition) is 2. The van der Waals surface area contributed by atoms with Gasteiger partial charge in [0.25, 0.3) is 0 Å². The minimum Gasteiger partial charge on any atom is -0.358 e. The van der Waals surface area contributed by atoms with Gasteiger partial charge in [-0.15, -0.1) is 11.3 Å². The molecule has 0 spiro atoms. The third kappa shape index (κ3) is 3.25. The van der Waals surface area contributed by atoms with Crippen LogP contribution in [0, 0.1) is 0 Å². The number of aromatic nitrogens is 1. The van der Waals surface area contributed by atoms with E-state index in [2.05, 4.69) is 21.7 Å². The molecule has 90 valence electrons. The second kappa shape index (κ2) is 5.75. The number of likely N-dealkylation sites (N-methyl/N-ethyl adjacent to an activating group) is 1. The molecule has 2 rings (SSSR count). The van der Waals surface area contributed by atoms with Crippen LogP contribution in [-0.4, -0.2) is 31.0 Å². The first-order valence-corrected chi connectivity index (χ1v) is 6.37. The number of para-hydroxylation sites is 1. The number of carbonyl (C=O) groups is 1. The van der Waals surface area contributed by atoms with Gasteiger partial charge in [0.1, 0.15) is 0 Å². The Balaban J connectivity index is 1.85. The van der Waals surface area contributed by atoms with E-state index in [1.165, 1.54) is 4.70 Å². The Bertz CT molecular complexity index is 476. The monoisotopic (exact) mass is 249 g/mol. The average molecular weight is 249 g/mol. The van der Waals surface area contributed by atoms with E-state index in [-0.39, 0.29) is 5.91 Å². The van der Waals surface area contributed by atoms with E-state index in [0.717, 1.165) is 23.5 Å². The molecule has 4 nitrogen and oxygen atoms in total. The van der Waals surface area contributed by atoms with Crippen LogP contribution in [0.3, 0.4) is 0 Å². The van der Waals surface area contributed by atoms with Crippen molar-refractivity contribution in [3.8, 4) is 0 Å². The average Bonchev–Trinajstić information content (AvgIpc) is 2.76. The van der Waals surface area contributed by atoms with Gasteiger partial charge in [0.05, 0.1) is 21.8 Å². The molecular weight excluding hydrogens is 234 g/mol. The molecule has 1 aromatic carbocycles. The van der Waals surface area contributed by atoms with Crippen molar-refractivity contribution in [3.63, 3.8) is 0 Å². The van der Waals surface area contributed by atoms with Crippen molar-refractivity contribution in [3.05, 3.63) is 29.3 Å². The summed E-state index contributed by atoms with van der Waals surface area (Å²) in [6.45, 7) is 1.13. The van der Waals surface area contributed by atoms with Crippen LogP contribution in [0.15, 0.2) is 24.3 Å². The summed E-state index contributed by atoms with van der Waals surface area (Å²) in [5, 5.41) is 6.76. The molecule has 0 aliphatic rings. The first kappa shape index (κ1) is 12.0. The second-order valence-electron chi connectivity index (χ2n) is 3.68. The molecule has 1 heterocycles. The molecule has 0 radical (unpaired) electrons. The van der Waals surface area contributed by atoms with Gasteiger partial charge in [-0.05, 0) is 12.1 Å². The Morgan fingerprint density at radius 2 is 2.24 bits per heavy atom. The molecule has 2 aromatic rings. The smallest absolute Gasteiger partial charge is 0.233 e. The number of hydrogen-bond acceptors (Lipinski definition) is 4. The highest BCUT2D eigenvalue weighted by Gasteiger charge is 2.03. The lowest BCUT2D eigenvalue weighted by atomic mass is 10.3. The van der Waals surface area contributed by atoms with Gasteiger partial charge in [-0.25, -0.2) is 4.98 Å². The van der Waals surface area contributed by atoms with Crippen molar-refractivity contribution in [1.82, 2.24) is 15.6 Å². The van der Waals surface area contributed by atoms with Crippen molar-refractivity contribution in [2.75, 3.05) is 20.1 Å². The molecule has 2 N–H and O–H groups in total. The molecule has 0 unspecified atom stereocenters. The second-order valence-corrected chi connectivity index (χ2v) is 4.79. The van der Waals surface area contributed by atoms with E-state index in [1.807, 2.05) is 18.2 Å². The molecule has 0 saturated carbocycles. The van der Waals surface area contributed by atoms with E-state index < -0.39 is 0 Å². The maximum atomic E-state index is 11.0. The zero-order valence-corrected chi connectivity index (χ0v) is 10.5. The number of nitrogens with one attached hydrogen (secondary N) is 2. The predicted molar refractivity (Wildman–Crippen MR) is 70.3 cm³/mol. The zero-order valence-electron chi connectivity index (χ0n) is 9.69. The molecule has 0 atom stereocenters. The summed E-state index contributed by atoms with van der Waals surface area (Å²) in [5.41, 5.74) is 1.05. The molecule has 0 aliphatic carbocycles. The lowest BCUT2D eigenvalue weighted by Crippen LogP contribution is -2.32. The molecule has 0 bridgehead atoms. The number of nitrogens with zero attached hydrogens (tertiary/aromatic N) is 1. The third-order valence-electron chi connectivity index (χ3n) is 2.42. The molecular formula is C12H15N3OS. The van der Waals surface area contributed by atoms with Crippen molar-refractivity contribution in [2.45, 2.75) is 6.42 Å². The molecule has 0 aliphatic heterocycles. The van der Waals surface area contributed by atoms with Crippen LogP contribution in [0.25, 0.3) is 10.2 Å². The molecule has 0 saturated heterocycles. The highest BCUT2D eigenvalue weighted by atomic mass is 32.1. The Hall–Kier alpha value is -1.46. The summed E-state index contributed by atoms with van der Waals surface area (Å²) in [7, 11) is 1.64. The summed E-state index contributed by atoms with van der Waals surface area (Å²) in [5.74, 6) is 0.00861. The minimum absolute atomic E-state index is 0.00861. The van der Waals surface area contributed by atoms with Gasteiger partial charge >= 0.3 is 0 Å². The van der Waals surface area contributed by atoms with Crippen LogP contribution >= 0.6 is 11.3 Å². The number of fused-ring (bicyclic) bond motifs is 1. The topological polar surface area (TPSA) is 54.0 Å². The fraction of sp³-hybridized carbons (Fsp3) is 0.333. The van der Waals surface area contributed by atoms with Gasteiger partial charge in [0.2, 0.25) is 5.91 Å². The predicted octanol–water partition coefficient (Wildman–Crippen LogP) is 1.17. The van der Waals surface area contributed by atoms with Gasteiger partial charge in [-0.1, -0.05) is 12.1 Å². The molecule has 17 heavy (non-hydrogen) atoms. The first-order valence-electron chi connectivity index (χ1n) is 5.55.